The van der Waals surface area contributed by atoms with Gasteiger partial charge in [-0.25, -0.2) is 21.6 Å². The maximum atomic E-state index is 12.7. The Labute approximate surface area is 181 Å². The lowest BCUT2D eigenvalue weighted by Gasteiger charge is -2.07. The quantitative estimate of drug-likeness (QED) is 0.546. The molecule has 1 heterocycles. The molecule has 1 aromatic heterocycles. The highest BCUT2D eigenvalue weighted by Crippen LogP contribution is 2.28. The van der Waals surface area contributed by atoms with Crippen molar-refractivity contribution >= 4 is 37.1 Å². The van der Waals surface area contributed by atoms with Crippen molar-refractivity contribution < 1.29 is 35.1 Å². The fourth-order valence-electron chi connectivity index (χ4n) is 2.45. The molecule has 3 rings (SSSR count). The van der Waals surface area contributed by atoms with Gasteiger partial charge < -0.3 is 4.74 Å². The SMILES string of the molecule is Cc1ccc(S(=O)(=O)c2csc(S(=O)(=O)NC(=O)c3ccc(OC(F)F)cc3)c2)cc1. The smallest absolute Gasteiger partial charge is 0.387 e. The van der Waals surface area contributed by atoms with Crippen LogP contribution in [0.15, 0.2) is 74.0 Å². The molecular weight excluding hydrogens is 472 g/mol. The molecule has 0 fully saturated rings. The van der Waals surface area contributed by atoms with Crippen LogP contribution in [-0.4, -0.2) is 29.4 Å². The minimum atomic E-state index is -4.36. The van der Waals surface area contributed by atoms with E-state index in [0.717, 1.165) is 35.9 Å². The zero-order valence-electron chi connectivity index (χ0n) is 15.8. The average molecular weight is 488 g/mol. The van der Waals surface area contributed by atoms with Crippen molar-refractivity contribution in [2.45, 2.75) is 27.5 Å². The van der Waals surface area contributed by atoms with Crippen LogP contribution in [0.25, 0.3) is 0 Å². The van der Waals surface area contributed by atoms with Crippen molar-refractivity contribution in [1.29, 1.82) is 0 Å². The van der Waals surface area contributed by atoms with E-state index < -0.39 is 32.4 Å². The van der Waals surface area contributed by atoms with E-state index in [0.29, 0.717) is 11.3 Å². The van der Waals surface area contributed by atoms with Gasteiger partial charge >= 0.3 is 6.61 Å². The number of aryl methyl sites for hydroxylation is 1. The zero-order valence-corrected chi connectivity index (χ0v) is 18.2. The predicted molar refractivity (Wildman–Crippen MR) is 109 cm³/mol. The van der Waals surface area contributed by atoms with Gasteiger partial charge in [0.1, 0.15) is 9.96 Å². The Kier molecular flexibility index (Phi) is 6.43. The second-order valence-electron chi connectivity index (χ2n) is 6.26. The largest absolute Gasteiger partial charge is 0.435 e. The minimum Gasteiger partial charge on any atom is -0.435 e. The molecule has 0 aliphatic heterocycles. The monoisotopic (exact) mass is 487 g/mol. The van der Waals surface area contributed by atoms with Crippen LogP contribution in [0.2, 0.25) is 0 Å². The molecule has 0 saturated carbocycles. The Bertz CT molecular complexity index is 1300. The molecular formula is C19H15F2NO6S3. The first kappa shape index (κ1) is 22.8. The molecule has 7 nitrogen and oxygen atoms in total. The summed E-state index contributed by atoms with van der Waals surface area (Å²) in [7, 11) is -8.29. The van der Waals surface area contributed by atoms with E-state index >= 15 is 0 Å². The summed E-state index contributed by atoms with van der Waals surface area (Å²) in [4.78, 5) is 12.0. The number of sulfone groups is 1. The van der Waals surface area contributed by atoms with Gasteiger partial charge in [0.15, 0.2) is 0 Å². The highest BCUT2D eigenvalue weighted by molar-refractivity contribution is 7.93. The van der Waals surface area contributed by atoms with Crippen LogP contribution in [0.5, 0.6) is 5.75 Å². The number of carbonyl (C=O) groups excluding carboxylic acids is 1. The maximum absolute atomic E-state index is 12.7. The topological polar surface area (TPSA) is 107 Å². The number of halogens is 2. The summed E-state index contributed by atoms with van der Waals surface area (Å²) >= 11 is 0.642. The molecule has 0 saturated heterocycles. The minimum absolute atomic E-state index is 0.00925. The second-order valence-corrected chi connectivity index (χ2v) is 11.0. The summed E-state index contributed by atoms with van der Waals surface area (Å²) in [5.74, 6) is -1.21. The Hall–Kier alpha value is -2.83. The number of amides is 1. The first-order valence-electron chi connectivity index (χ1n) is 8.51. The lowest BCUT2D eigenvalue weighted by atomic mass is 10.2. The highest BCUT2D eigenvalue weighted by atomic mass is 32.2. The number of carbonyl (C=O) groups is 1. The number of thiophene rings is 1. The lowest BCUT2D eigenvalue weighted by Crippen LogP contribution is -2.30. The van der Waals surface area contributed by atoms with E-state index in [1.54, 1.807) is 19.1 Å². The van der Waals surface area contributed by atoms with Crippen LogP contribution < -0.4 is 9.46 Å². The lowest BCUT2D eigenvalue weighted by molar-refractivity contribution is -0.0498. The Morgan fingerprint density at radius 1 is 0.968 bits per heavy atom. The molecule has 2 aromatic carbocycles. The molecule has 0 radical (unpaired) electrons. The number of hydrogen-bond donors (Lipinski definition) is 1. The van der Waals surface area contributed by atoms with Crippen LogP contribution >= 0.6 is 11.3 Å². The third kappa shape index (κ3) is 5.27. The number of ether oxygens (including phenoxy) is 1. The van der Waals surface area contributed by atoms with Crippen molar-refractivity contribution in [2.75, 3.05) is 0 Å². The van der Waals surface area contributed by atoms with E-state index in [2.05, 4.69) is 4.74 Å². The van der Waals surface area contributed by atoms with Crippen molar-refractivity contribution in [2.24, 2.45) is 0 Å². The molecule has 0 aliphatic rings. The number of alkyl halides is 2. The fraction of sp³-hybridized carbons (Fsp3) is 0.105. The fourth-order valence-corrected chi connectivity index (χ4v) is 6.31. The van der Waals surface area contributed by atoms with Gasteiger partial charge in [0.25, 0.3) is 15.9 Å². The van der Waals surface area contributed by atoms with Gasteiger partial charge in [0, 0.05) is 10.9 Å². The Morgan fingerprint density at radius 3 is 2.16 bits per heavy atom. The molecule has 0 spiro atoms. The molecule has 31 heavy (non-hydrogen) atoms. The van der Waals surface area contributed by atoms with E-state index in [1.165, 1.54) is 17.5 Å². The summed E-state index contributed by atoms with van der Waals surface area (Å²) < 4.78 is 80.4. The van der Waals surface area contributed by atoms with Gasteiger partial charge in [-0.1, -0.05) is 17.7 Å². The highest BCUT2D eigenvalue weighted by Gasteiger charge is 2.25. The molecule has 0 unspecified atom stereocenters. The van der Waals surface area contributed by atoms with E-state index in [1.807, 2.05) is 4.72 Å². The normalized spacial score (nSPS) is 12.0. The van der Waals surface area contributed by atoms with Crippen molar-refractivity contribution in [3.05, 3.63) is 71.1 Å². The molecule has 164 valence electrons. The zero-order chi connectivity index (χ0) is 22.8. The summed E-state index contributed by atoms with van der Waals surface area (Å²) in [6.07, 6.45) is 0. The third-order valence-electron chi connectivity index (χ3n) is 4.03. The summed E-state index contributed by atoms with van der Waals surface area (Å²) in [6.45, 7) is -1.24. The van der Waals surface area contributed by atoms with Gasteiger partial charge in [-0.05, 0) is 49.4 Å². The number of sulfonamides is 1. The van der Waals surface area contributed by atoms with Crippen molar-refractivity contribution in [3.8, 4) is 5.75 Å². The van der Waals surface area contributed by atoms with Crippen LogP contribution in [-0.2, 0) is 19.9 Å². The van der Waals surface area contributed by atoms with E-state index in [9.17, 15) is 30.4 Å². The molecule has 1 N–H and O–H groups in total. The van der Waals surface area contributed by atoms with Crippen LogP contribution in [0, 0.1) is 6.92 Å². The van der Waals surface area contributed by atoms with Gasteiger partial charge in [-0.15, -0.1) is 11.3 Å². The van der Waals surface area contributed by atoms with Crippen LogP contribution in [0.3, 0.4) is 0 Å². The van der Waals surface area contributed by atoms with Gasteiger partial charge in [0.2, 0.25) is 9.84 Å². The first-order chi connectivity index (χ1) is 14.5. The summed E-state index contributed by atoms with van der Waals surface area (Å²) in [6, 6.07) is 11.4. The molecule has 0 atom stereocenters. The number of hydrogen-bond acceptors (Lipinski definition) is 7. The molecule has 3 aromatic rings. The first-order valence-corrected chi connectivity index (χ1v) is 12.4. The second kappa shape index (κ2) is 8.73. The van der Waals surface area contributed by atoms with Gasteiger partial charge in [0.05, 0.1) is 9.79 Å². The van der Waals surface area contributed by atoms with Crippen LogP contribution in [0.1, 0.15) is 15.9 Å². The summed E-state index contributed by atoms with van der Waals surface area (Å²) in [5.41, 5.74) is 0.748. The number of rotatable bonds is 7. The maximum Gasteiger partial charge on any atom is 0.387 e. The van der Waals surface area contributed by atoms with Gasteiger partial charge in [-0.3, -0.25) is 4.79 Å². The van der Waals surface area contributed by atoms with Crippen molar-refractivity contribution in [1.82, 2.24) is 4.72 Å². The van der Waals surface area contributed by atoms with E-state index in [-0.39, 0.29) is 25.3 Å². The Balaban J connectivity index is 1.79. The van der Waals surface area contributed by atoms with E-state index in [4.69, 9.17) is 0 Å². The molecule has 1 amide bonds. The molecule has 0 bridgehead atoms. The molecule has 12 heteroatoms. The van der Waals surface area contributed by atoms with Gasteiger partial charge in [-0.2, -0.15) is 8.78 Å². The third-order valence-corrected chi connectivity index (χ3v) is 8.70. The summed E-state index contributed by atoms with van der Waals surface area (Å²) in [5, 5.41) is 1.17. The standard InChI is InChI=1S/C19H15F2NO6S3/c1-12-2-8-15(9-3-12)30(24,25)16-10-17(29-11-16)31(26,27)22-18(23)13-4-6-14(7-5-13)28-19(20)21/h2-11,19H,1H3,(H,22,23). The number of nitrogens with one attached hydrogen (secondary N) is 1. The number of benzene rings is 2. The predicted octanol–water partition coefficient (Wildman–Crippen LogP) is 3.61. The Morgan fingerprint density at radius 2 is 1.58 bits per heavy atom. The average Bonchev–Trinajstić information content (AvgIpc) is 3.20. The van der Waals surface area contributed by atoms with Crippen LogP contribution in [0.4, 0.5) is 8.78 Å². The van der Waals surface area contributed by atoms with Crippen molar-refractivity contribution in [3.63, 3.8) is 0 Å². The molecule has 0 aliphatic carbocycles.